The summed E-state index contributed by atoms with van der Waals surface area (Å²) < 4.78 is 0. The van der Waals surface area contributed by atoms with Crippen molar-refractivity contribution in [2.45, 2.75) is 45.1 Å². The number of amides is 4. The molecule has 1 fully saturated rings. The van der Waals surface area contributed by atoms with Crippen molar-refractivity contribution in [3.8, 4) is 0 Å². The molecule has 0 aliphatic carbocycles. The molecule has 1 saturated heterocycles. The molecule has 23 heavy (non-hydrogen) atoms. The number of hydrogen-bond acceptors (Lipinski definition) is 4. The van der Waals surface area contributed by atoms with E-state index < -0.39 is 23.8 Å². The summed E-state index contributed by atoms with van der Waals surface area (Å²) in [5.41, 5.74) is 1.17. The standard InChI is InChI=1S/C17H18N2O4.H2/c1-17(2,3)10-6-4-5-9-13(10)16(23)19(15(9)22)11-7-8-12(20)18-14(11)21;/h4-6,11H,7-8H2,1-3H3,(H,18,20,21);1H. The molecule has 0 saturated carbocycles. The summed E-state index contributed by atoms with van der Waals surface area (Å²) in [5.74, 6) is -1.89. The van der Waals surface area contributed by atoms with Gasteiger partial charge in [-0.1, -0.05) is 32.9 Å². The molecular weight excluding hydrogens is 296 g/mol. The number of nitrogens with one attached hydrogen (secondary N) is 1. The third kappa shape index (κ3) is 2.34. The molecule has 2 aliphatic rings. The number of carbonyl (C=O) groups excluding carboxylic acids is 4. The monoisotopic (exact) mass is 316 g/mol. The smallest absolute Gasteiger partial charge is 0.262 e. The Morgan fingerprint density at radius 3 is 2.43 bits per heavy atom. The van der Waals surface area contributed by atoms with Gasteiger partial charge in [0.1, 0.15) is 6.04 Å². The predicted octanol–water partition coefficient (Wildman–Crippen LogP) is 1.63. The molecule has 1 N–H and O–H groups in total. The second-order valence-corrected chi connectivity index (χ2v) is 6.93. The second kappa shape index (κ2) is 5.01. The van der Waals surface area contributed by atoms with Gasteiger partial charge in [-0.15, -0.1) is 0 Å². The molecule has 0 aromatic heterocycles. The Labute approximate surface area is 135 Å². The molecular formula is C17H20N2O4. The molecule has 1 aromatic carbocycles. The number of nitrogens with zero attached hydrogens (tertiary/aromatic N) is 1. The van der Waals surface area contributed by atoms with E-state index in [0.29, 0.717) is 11.1 Å². The van der Waals surface area contributed by atoms with Gasteiger partial charge in [-0.3, -0.25) is 29.4 Å². The van der Waals surface area contributed by atoms with Gasteiger partial charge < -0.3 is 0 Å². The Bertz CT molecular complexity index is 751. The Morgan fingerprint density at radius 2 is 1.83 bits per heavy atom. The zero-order valence-corrected chi connectivity index (χ0v) is 13.3. The van der Waals surface area contributed by atoms with Crippen LogP contribution in [0.3, 0.4) is 0 Å². The van der Waals surface area contributed by atoms with Crippen molar-refractivity contribution in [1.82, 2.24) is 10.2 Å². The third-order valence-corrected chi connectivity index (χ3v) is 4.28. The first-order valence-electron chi connectivity index (χ1n) is 7.57. The van der Waals surface area contributed by atoms with Gasteiger partial charge in [-0.25, -0.2) is 0 Å². The number of fused-ring (bicyclic) bond motifs is 1. The van der Waals surface area contributed by atoms with Crippen LogP contribution in [0.1, 0.15) is 61.3 Å². The van der Waals surface area contributed by atoms with Crippen LogP contribution < -0.4 is 5.32 Å². The first-order valence-corrected chi connectivity index (χ1v) is 7.57. The molecule has 3 rings (SSSR count). The van der Waals surface area contributed by atoms with E-state index in [9.17, 15) is 19.2 Å². The molecule has 6 nitrogen and oxygen atoms in total. The van der Waals surface area contributed by atoms with E-state index in [2.05, 4.69) is 5.32 Å². The lowest BCUT2D eigenvalue weighted by atomic mass is 9.82. The highest BCUT2D eigenvalue weighted by atomic mass is 16.2. The Kier molecular flexibility index (Phi) is 3.35. The zero-order chi connectivity index (χ0) is 16.9. The van der Waals surface area contributed by atoms with Crippen molar-refractivity contribution < 1.29 is 20.6 Å². The molecule has 2 heterocycles. The van der Waals surface area contributed by atoms with Crippen LogP contribution in [-0.4, -0.2) is 34.6 Å². The minimum absolute atomic E-state index is 0. The van der Waals surface area contributed by atoms with Crippen LogP contribution in [0.15, 0.2) is 18.2 Å². The number of rotatable bonds is 1. The highest BCUT2D eigenvalue weighted by Gasteiger charge is 2.46. The van der Waals surface area contributed by atoms with Crippen molar-refractivity contribution in [2.24, 2.45) is 0 Å². The van der Waals surface area contributed by atoms with Gasteiger partial charge in [0.25, 0.3) is 11.8 Å². The van der Waals surface area contributed by atoms with Gasteiger partial charge >= 0.3 is 0 Å². The molecule has 6 heteroatoms. The third-order valence-electron chi connectivity index (χ3n) is 4.28. The first-order chi connectivity index (χ1) is 10.7. The van der Waals surface area contributed by atoms with Crippen LogP contribution in [0.5, 0.6) is 0 Å². The Morgan fingerprint density at radius 1 is 1.13 bits per heavy atom. The molecule has 0 radical (unpaired) electrons. The second-order valence-electron chi connectivity index (χ2n) is 6.93. The Hall–Kier alpha value is -2.50. The summed E-state index contributed by atoms with van der Waals surface area (Å²) in [4.78, 5) is 49.8. The van der Waals surface area contributed by atoms with E-state index in [-0.39, 0.29) is 25.6 Å². The normalized spacial score (nSPS) is 21.5. The average molecular weight is 316 g/mol. The SMILES string of the molecule is CC(C)(C)c1cccc2c1C(=O)N(C1CCC(=O)NC1=O)C2=O.[HH]. The maximum atomic E-state index is 12.8. The van der Waals surface area contributed by atoms with Gasteiger partial charge in [-0.2, -0.15) is 0 Å². The summed E-state index contributed by atoms with van der Waals surface area (Å²) in [6.45, 7) is 5.90. The highest BCUT2D eigenvalue weighted by molar-refractivity contribution is 6.24. The van der Waals surface area contributed by atoms with E-state index >= 15 is 0 Å². The minimum Gasteiger partial charge on any atom is -0.295 e. The fraction of sp³-hybridized carbons (Fsp3) is 0.412. The molecule has 1 aromatic rings. The van der Waals surface area contributed by atoms with E-state index in [1.54, 1.807) is 12.1 Å². The highest BCUT2D eigenvalue weighted by Crippen LogP contribution is 2.35. The number of imide groups is 2. The van der Waals surface area contributed by atoms with Crippen molar-refractivity contribution in [3.05, 3.63) is 34.9 Å². The van der Waals surface area contributed by atoms with Crippen molar-refractivity contribution in [3.63, 3.8) is 0 Å². The largest absolute Gasteiger partial charge is 0.295 e. The van der Waals surface area contributed by atoms with Gasteiger partial charge in [0.2, 0.25) is 11.8 Å². The molecule has 1 unspecified atom stereocenters. The van der Waals surface area contributed by atoms with Gasteiger partial charge in [0.05, 0.1) is 11.1 Å². The summed E-state index contributed by atoms with van der Waals surface area (Å²) in [6.07, 6.45) is 0.289. The zero-order valence-electron chi connectivity index (χ0n) is 13.3. The molecule has 1 atom stereocenters. The fourth-order valence-corrected chi connectivity index (χ4v) is 3.14. The van der Waals surface area contributed by atoms with Crippen molar-refractivity contribution >= 4 is 23.6 Å². The van der Waals surface area contributed by atoms with Crippen LogP contribution in [0.4, 0.5) is 0 Å². The maximum absolute atomic E-state index is 12.8. The molecule has 122 valence electrons. The van der Waals surface area contributed by atoms with Crippen LogP contribution >= 0.6 is 0 Å². The van der Waals surface area contributed by atoms with E-state index in [0.717, 1.165) is 10.5 Å². The van der Waals surface area contributed by atoms with Crippen molar-refractivity contribution in [1.29, 1.82) is 0 Å². The summed E-state index contributed by atoms with van der Waals surface area (Å²) >= 11 is 0. The topological polar surface area (TPSA) is 83.6 Å². The Balaban J connectivity index is 0.00000208. The summed E-state index contributed by atoms with van der Waals surface area (Å²) in [5, 5.41) is 2.20. The lowest BCUT2D eigenvalue weighted by Gasteiger charge is -2.28. The molecule has 2 aliphatic heterocycles. The van der Waals surface area contributed by atoms with E-state index in [4.69, 9.17) is 0 Å². The maximum Gasteiger partial charge on any atom is 0.262 e. The van der Waals surface area contributed by atoms with Crippen LogP contribution in [-0.2, 0) is 15.0 Å². The fourth-order valence-electron chi connectivity index (χ4n) is 3.14. The van der Waals surface area contributed by atoms with Crippen LogP contribution in [0, 0.1) is 0 Å². The van der Waals surface area contributed by atoms with Crippen LogP contribution in [0.2, 0.25) is 0 Å². The lowest BCUT2D eigenvalue weighted by molar-refractivity contribution is -0.136. The number of piperidine rings is 1. The van der Waals surface area contributed by atoms with Crippen molar-refractivity contribution in [2.75, 3.05) is 0 Å². The first kappa shape index (κ1) is 15.4. The summed E-state index contributed by atoms with van der Waals surface area (Å²) in [6, 6.07) is 4.26. The molecule has 4 amide bonds. The number of carbonyl (C=O) groups is 4. The van der Waals surface area contributed by atoms with E-state index in [1.807, 2.05) is 26.8 Å². The quantitative estimate of drug-likeness (QED) is 0.798. The average Bonchev–Trinajstić information content (AvgIpc) is 2.71. The number of benzene rings is 1. The van der Waals surface area contributed by atoms with Crippen LogP contribution in [0.25, 0.3) is 0 Å². The van der Waals surface area contributed by atoms with Gasteiger partial charge in [0.15, 0.2) is 0 Å². The number of hydrogen-bond donors (Lipinski definition) is 1. The lowest BCUT2D eigenvalue weighted by Crippen LogP contribution is -2.54. The van der Waals surface area contributed by atoms with Gasteiger partial charge in [-0.05, 0) is 23.5 Å². The predicted molar refractivity (Wildman–Crippen MR) is 83.9 cm³/mol. The molecule has 0 spiro atoms. The van der Waals surface area contributed by atoms with E-state index in [1.165, 1.54) is 0 Å². The van der Waals surface area contributed by atoms with Gasteiger partial charge in [0, 0.05) is 7.85 Å². The summed E-state index contributed by atoms with van der Waals surface area (Å²) in [7, 11) is 0. The minimum atomic E-state index is -0.923. The molecule has 0 bridgehead atoms.